The summed E-state index contributed by atoms with van der Waals surface area (Å²) in [6.45, 7) is 1.71. The number of furan rings is 1. The monoisotopic (exact) mass is 254 g/mol. The fourth-order valence-corrected chi connectivity index (χ4v) is 2.71. The second-order valence-electron chi connectivity index (χ2n) is 5.43. The summed E-state index contributed by atoms with van der Waals surface area (Å²) in [4.78, 5) is 0. The maximum Gasteiger partial charge on any atom is 0.134 e. The van der Waals surface area contributed by atoms with Crippen molar-refractivity contribution in [2.45, 2.75) is 25.7 Å². The maximum absolute atomic E-state index is 9.16. The molecule has 0 atom stereocenters. The van der Waals surface area contributed by atoms with Crippen molar-refractivity contribution in [2.24, 2.45) is 5.41 Å². The molecule has 1 heterocycles. The summed E-state index contributed by atoms with van der Waals surface area (Å²) < 4.78 is 5.52. The molecule has 1 aliphatic carbocycles. The first-order valence-corrected chi connectivity index (χ1v) is 6.90. The van der Waals surface area contributed by atoms with Crippen LogP contribution in [0.25, 0.3) is 11.0 Å². The SMILES string of the molecule is N#CC1(CNCCc2coc3ccccc23)CCC1. The van der Waals surface area contributed by atoms with E-state index in [1.807, 2.05) is 24.5 Å². The average Bonchev–Trinajstić information content (AvgIpc) is 2.81. The number of benzene rings is 1. The number of fused-ring (bicyclic) bond motifs is 1. The van der Waals surface area contributed by atoms with Gasteiger partial charge in [0.05, 0.1) is 17.7 Å². The molecule has 1 fully saturated rings. The topological polar surface area (TPSA) is 49.0 Å². The molecule has 0 saturated heterocycles. The molecular weight excluding hydrogens is 236 g/mol. The van der Waals surface area contributed by atoms with Gasteiger partial charge in [-0.15, -0.1) is 0 Å². The predicted octanol–water partition coefficient (Wildman–Crippen LogP) is 3.26. The van der Waals surface area contributed by atoms with Crippen LogP contribution < -0.4 is 5.32 Å². The van der Waals surface area contributed by atoms with Crippen molar-refractivity contribution < 1.29 is 4.42 Å². The average molecular weight is 254 g/mol. The molecule has 0 aliphatic heterocycles. The summed E-state index contributed by atoms with van der Waals surface area (Å²) in [7, 11) is 0. The number of nitrogens with zero attached hydrogens (tertiary/aromatic N) is 1. The zero-order chi connectivity index (χ0) is 13.1. The van der Waals surface area contributed by atoms with Gasteiger partial charge in [-0.05, 0) is 37.4 Å². The number of nitriles is 1. The second-order valence-corrected chi connectivity index (χ2v) is 5.43. The molecule has 0 radical (unpaired) electrons. The lowest BCUT2D eigenvalue weighted by Gasteiger charge is -2.35. The summed E-state index contributed by atoms with van der Waals surface area (Å²) >= 11 is 0. The van der Waals surface area contributed by atoms with Gasteiger partial charge in [-0.25, -0.2) is 0 Å². The first-order chi connectivity index (χ1) is 9.33. The highest BCUT2D eigenvalue weighted by molar-refractivity contribution is 5.80. The molecule has 19 heavy (non-hydrogen) atoms. The summed E-state index contributed by atoms with van der Waals surface area (Å²) in [5, 5.41) is 13.8. The highest BCUT2D eigenvalue weighted by Crippen LogP contribution is 2.39. The van der Waals surface area contributed by atoms with Crippen molar-refractivity contribution in [1.29, 1.82) is 5.26 Å². The van der Waals surface area contributed by atoms with Gasteiger partial charge in [0.25, 0.3) is 0 Å². The molecule has 0 unspecified atom stereocenters. The molecule has 1 aliphatic rings. The van der Waals surface area contributed by atoms with Crippen molar-refractivity contribution >= 4 is 11.0 Å². The van der Waals surface area contributed by atoms with E-state index >= 15 is 0 Å². The summed E-state index contributed by atoms with van der Waals surface area (Å²) in [6.07, 6.45) is 6.08. The Labute approximate surface area is 113 Å². The molecular formula is C16H18N2O. The Hall–Kier alpha value is -1.79. The van der Waals surface area contributed by atoms with Crippen LogP contribution in [-0.2, 0) is 6.42 Å². The first-order valence-electron chi connectivity index (χ1n) is 6.90. The minimum absolute atomic E-state index is 0.0849. The van der Waals surface area contributed by atoms with E-state index in [-0.39, 0.29) is 5.41 Å². The van der Waals surface area contributed by atoms with Crippen molar-refractivity contribution in [3.63, 3.8) is 0 Å². The molecule has 98 valence electrons. The van der Waals surface area contributed by atoms with Crippen LogP contribution >= 0.6 is 0 Å². The minimum atomic E-state index is -0.0849. The Morgan fingerprint density at radius 1 is 1.32 bits per heavy atom. The molecule has 1 N–H and O–H groups in total. The largest absolute Gasteiger partial charge is 0.464 e. The highest BCUT2D eigenvalue weighted by Gasteiger charge is 2.36. The van der Waals surface area contributed by atoms with Crippen LogP contribution in [-0.4, -0.2) is 13.1 Å². The first kappa shape index (κ1) is 12.3. The van der Waals surface area contributed by atoms with E-state index < -0.39 is 0 Å². The molecule has 1 aromatic heterocycles. The number of hydrogen-bond donors (Lipinski definition) is 1. The fourth-order valence-electron chi connectivity index (χ4n) is 2.71. The van der Waals surface area contributed by atoms with Crippen LogP contribution in [0, 0.1) is 16.7 Å². The molecule has 3 heteroatoms. The molecule has 3 rings (SSSR count). The van der Waals surface area contributed by atoms with Crippen LogP contribution in [0.4, 0.5) is 0 Å². The van der Waals surface area contributed by atoms with Crippen LogP contribution in [0.15, 0.2) is 34.9 Å². The van der Waals surface area contributed by atoms with Crippen molar-refractivity contribution in [3.8, 4) is 6.07 Å². The molecule has 0 spiro atoms. The van der Waals surface area contributed by atoms with Crippen molar-refractivity contribution in [2.75, 3.05) is 13.1 Å². The molecule has 1 aromatic carbocycles. The third-order valence-electron chi connectivity index (χ3n) is 4.14. The van der Waals surface area contributed by atoms with Gasteiger partial charge >= 0.3 is 0 Å². The Balaban J connectivity index is 1.54. The van der Waals surface area contributed by atoms with E-state index in [0.717, 1.165) is 37.9 Å². The van der Waals surface area contributed by atoms with Gasteiger partial charge in [-0.2, -0.15) is 5.26 Å². The standard InChI is InChI=1S/C16H18N2O/c17-11-16(7-3-8-16)12-18-9-6-13-10-19-15-5-2-1-4-14(13)15/h1-2,4-5,10,18H,3,6-9,12H2. The molecule has 3 nitrogen and oxygen atoms in total. The van der Waals surface area contributed by atoms with Gasteiger partial charge in [-0.3, -0.25) is 0 Å². The zero-order valence-corrected chi connectivity index (χ0v) is 11.0. The number of hydrogen-bond acceptors (Lipinski definition) is 3. The lowest BCUT2D eigenvalue weighted by atomic mass is 9.70. The van der Waals surface area contributed by atoms with Crippen LogP contribution in [0.1, 0.15) is 24.8 Å². The molecule has 0 amide bonds. The second kappa shape index (κ2) is 5.07. The molecule has 1 saturated carbocycles. The number of nitrogens with one attached hydrogen (secondary N) is 1. The van der Waals surface area contributed by atoms with Crippen molar-refractivity contribution in [3.05, 3.63) is 36.1 Å². The maximum atomic E-state index is 9.16. The Morgan fingerprint density at radius 3 is 2.89 bits per heavy atom. The third-order valence-corrected chi connectivity index (χ3v) is 4.14. The van der Waals surface area contributed by atoms with Crippen LogP contribution in [0.3, 0.4) is 0 Å². The summed E-state index contributed by atoms with van der Waals surface area (Å²) in [6, 6.07) is 10.6. The van der Waals surface area contributed by atoms with E-state index in [9.17, 15) is 0 Å². The van der Waals surface area contributed by atoms with E-state index in [2.05, 4.69) is 17.5 Å². The van der Waals surface area contributed by atoms with Crippen LogP contribution in [0.2, 0.25) is 0 Å². The molecule has 0 bridgehead atoms. The van der Waals surface area contributed by atoms with Gasteiger partial charge in [0, 0.05) is 11.9 Å². The lowest BCUT2D eigenvalue weighted by molar-refractivity contribution is 0.208. The van der Waals surface area contributed by atoms with E-state index in [4.69, 9.17) is 9.68 Å². The Morgan fingerprint density at radius 2 is 2.16 bits per heavy atom. The normalized spacial score (nSPS) is 17.0. The van der Waals surface area contributed by atoms with E-state index in [1.54, 1.807) is 0 Å². The smallest absolute Gasteiger partial charge is 0.134 e. The third kappa shape index (κ3) is 2.36. The van der Waals surface area contributed by atoms with Gasteiger partial charge in [0.1, 0.15) is 5.58 Å². The predicted molar refractivity (Wildman–Crippen MR) is 74.7 cm³/mol. The molecule has 2 aromatic rings. The van der Waals surface area contributed by atoms with Gasteiger partial charge in [-0.1, -0.05) is 24.6 Å². The van der Waals surface area contributed by atoms with E-state index in [1.165, 1.54) is 17.4 Å². The van der Waals surface area contributed by atoms with Gasteiger partial charge in [0.15, 0.2) is 0 Å². The Bertz CT molecular complexity index is 604. The van der Waals surface area contributed by atoms with Crippen molar-refractivity contribution in [1.82, 2.24) is 5.32 Å². The Kier molecular flexibility index (Phi) is 3.27. The minimum Gasteiger partial charge on any atom is -0.464 e. The number of para-hydroxylation sites is 1. The quantitative estimate of drug-likeness (QED) is 0.833. The van der Waals surface area contributed by atoms with Crippen LogP contribution in [0.5, 0.6) is 0 Å². The van der Waals surface area contributed by atoms with Gasteiger partial charge < -0.3 is 9.73 Å². The summed E-state index contributed by atoms with van der Waals surface area (Å²) in [5.74, 6) is 0. The lowest BCUT2D eigenvalue weighted by Crippen LogP contribution is -2.39. The van der Waals surface area contributed by atoms with Gasteiger partial charge in [0.2, 0.25) is 0 Å². The zero-order valence-electron chi connectivity index (χ0n) is 11.0. The summed E-state index contributed by atoms with van der Waals surface area (Å²) in [5.41, 5.74) is 2.10. The van der Waals surface area contributed by atoms with E-state index in [0.29, 0.717) is 0 Å². The number of rotatable bonds is 5. The fraction of sp³-hybridized carbons (Fsp3) is 0.438. The highest BCUT2D eigenvalue weighted by atomic mass is 16.3.